The third kappa shape index (κ3) is 3.47. The summed E-state index contributed by atoms with van der Waals surface area (Å²) >= 11 is 1.72. The van der Waals surface area contributed by atoms with Gasteiger partial charge in [0.25, 0.3) is 0 Å². The number of carbonyl (C=O) groups is 1. The Morgan fingerprint density at radius 1 is 1.43 bits per heavy atom. The summed E-state index contributed by atoms with van der Waals surface area (Å²) in [4.78, 5) is 15.9. The van der Waals surface area contributed by atoms with Crippen molar-refractivity contribution in [2.24, 2.45) is 17.8 Å². The van der Waals surface area contributed by atoms with Crippen LogP contribution in [0.25, 0.3) is 0 Å². The van der Waals surface area contributed by atoms with Crippen LogP contribution in [0.1, 0.15) is 24.8 Å². The van der Waals surface area contributed by atoms with Gasteiger partial charge < -0.3 is 10.6 Å². The quantitative estimate of drug-likeness (QED) is 0.870. The molecular formula is C16H25N3OS. The average Bonchev–Trinajstić information content (AvgIpc) is 3.11. The molecular weight excluding hydrogens is 282 g/mol. The van der Waals surface area contributed by atoms with E-state index in [9.17, 15) is 4.79 Å². The van der Waals surface area contributed by atoms with Crippen molar-refractivity contribution in [3.8, 4) is 0 Å². The highest BCUT2D eigenvalue weighted by atomic mass is 32.1. The highest BCUT2D eigenvalue weighted by Gasteiger charge is 2.36. The molecule has 0 aliphatic carbocycles. The first-order valence-corrected chi connectivity index (χ1v) is 8.77. The van der Waals surface area contributed by atoms with Gasteiger partial charge in [0.15, 0.2) is 0 Å². The Labute approximate surface area is 130 Å². The van der Waals surface area contributed by atoms with Crippen LogP contribution in [0.15, 0.2) is 17.5 Å². The molecule has 21 heavy (non-hydrogen) atoms. The van der Waals surface area contributed by atoms with Crippen molar-refractivity contribution in [2.45, 2.75) is 19.9 Å². The molecule has 116 valence electrons. The lowest BCUT2D eigenvalue weighted by Crippen LogP contribution is -2.40. The second kappa shape index (κ2) is 6.46. The number of likely N-dealkylation sites (tertiary alicyclic amines) is 1. The van der Waals surface area contributed by atoms with Crippen LogP contribution in [0, 0.1) is 17.8 Å². The first kappa shape index (κ1) is 15.0. The fourth-order valence-corrected chi connectivity index (χ4v) is 4.49. The minimum absolute atomic E-state index is 0.140. The fourth-order valence-electron chi connectivity index (χ4n) is 3.54. The molecule has 0 saturated carbocycles. The lowest BCUT2D eigenvalue weighted by Gasteiger charge is -2.23. The molecule has 3 heterocycles. The van der Waals surface area contributed by atoms with Gasteiger partial charge in [-0.2, -0.15) is 0 Å². The van der Waals surface area contributed by atoms with Crippen molar-refractivity contribution < 1.29 is 4.79 Å². The molecule has 2 saturated heterocycles. The standard InChI is InChI=1S/C16H25N3OS/c1-11(2)16(14-4-3-5-21-14)18-15(20)10-19-8-12-6-17-7-13(12)9-19/h3-5,11-13,16-17H,6-10H2,1-2H3,(H,18,20)/t12-,13+,16?. The lowest BCUT2D eigenvalue weighted by atomic mass is 10.0. The number of amides is 1. The highest BCUT2D eigenvalue weighted by molar-refractivity contribution is 7.10. The zero-order valence-corrected chi connectivity index (χ0v) is 13.7. The number of nitrogens with one attached hydrogen (secondary N) is 2. The van der Waals surface area contributed by atoms with Gasteiger partial charge in [-0.15, -0.1) is 11.3 Å². The van der Waals surface area contributed by atoms with Crippen LogP contribution in [0.4, 0.5) is 0 Å². The molecule has 3 atom stereocenters. The summed E-state index contributed by atoms with van der Waals surface area (Å²) in [6.07, 6.45) is 0. The van der Waals surface area contributed by atoms with Gasteiger partial charge in [-0.05, 0) is 42.3 Å². The summed E-state index contributed by atoms with van der Waals surface area (Å²) in [7, 11) is 0. The van der Waals surface area contributed by atoms with Gasteiger partial charge >= 0.3 is 0 Å². The van der Waals surface area contributed by atoms with E-state index in [2.05, 4.69) is 46.9 Å². The number of nitrogens with zero attached hydrogens (tertiary/aromatic N) is 1. The van der Waals surface area contributed by atoms with E-state index in [1.54, 1.807) is 11.3 Å². The molecule has 4 nitrogen and oxygen atoms in total. The number of hydrogen-bond acceptors (Lipinski definition) is 4. The Balaban J connectivity index is 1.53. The Hall–Kier alpha value is -0.910. The molecule has 2 fully saturated rings. The van der Waals surface area contributed by atoms with E-state index >= 15 is 0 Å². The van der Waals surface area contributed by atoms with Gasteiger partial charge in [0.2, 0.25) is 5.91 Å². The zero-order chi connectivity index (χ0) is 14.8. The average molecular weight is 307 g/mol. The van der Waals surface area contributed by atoms with Crippen molar-refractivity contribution >= 4 is 17.2 Å². The molecule has 0 bridgehead atoms. The monoisotopic (exact) mass is 307 g/mol. The van der Waals surface area contributed by atoms with Crippen molar-refractivity contribution in [3.63, 3.8) is 0 Å². The second-order valence-corrected chi connectivity index (χ2v) is 7.66. The van der Waals surface area contributed by atoms with E-state index in [0.29, 0.717) is 12.5 Å². The first-order chi connectivity index (χ1) is 10.1. The summed E-state index contributed by atoms with van der Waals surface area (Å²) in [5.74, 6) is 2.07. The number of thiophene rings is 1. The Morgan fingerprint density at radius 3 is 2.71 bits per heavy atom. The molecule has 0 aromatic carbocycles. The van der Waals surface area contributed by atoms with Crippen molar-refractivity contribution in [1.29, 1.82) is 0 Å². The van der Waals surface area contributed by atoms with Crippen LogP contribution in [0.2, 0.25) is 0 Å². The number of hydrogen-bond donors (Lipinski definition) is 2. The van der Waals surface area contributed by atoms with E-state index in [4.69, 9.17) is 0 Å². The van der Waals surface area contributed by atoms with Crippen molar-refractivity contribution in [2.75, 3.05) is 32.7 Å². The van der Waals surface area contributed by atoms with Gasteiger partial charge in [-0.25, -0.2) is 0 Å². The number of rotatable bonds is 5. The van der Waals surface area contributed by atoms with E-state index in [1.807, 2.05) is 0 Å². The smallest absolute Gasteiger partial charge is 0.234 e. The van der Waals surface area contributed by atoms with Gasteiger partial charge in [0.05, 0.1) is 12.6 Å². The molecule has 2 aliphatic heterocycles. The number of fused-ring (bicyclic) bond motifs is 1. The third-order valence-electron chi connectivity index (χ3n) is 4.67. The van der Waals surface area contributed by atoms with Crippen LogP contribution in [-0.4, -0.2) is 43.5 Å². The molecule has 0 radical (unpaired) electrons. The van der Waals surface area contributed by atoms with Gasteiger partial charge in [0.1, 0.15) is 0 Å². The van der Waals surface area contributed by atoms with Crippen LogP contribution in [-0.2, 0) is 4.79 Å². The summed E-state index contributed by atoms with van der Waals surface area (Å²) in [6.45, 7) is 9.24. The molecule has 2 aliphatic rings. The van der Waals surface area contributed by atoms with E-state index in [0.717, 1.165) is 38.0 Å². The molecule has 1 unspecified atom stereocenters. The van der Waals surface area contributed by atoms with Crippen LogP contribution >= 0.6 is 11.3 Å². The van der Waals surface area contributed by atoms with Gasteiger partial charge in [-0.3, -0.25) is 9.69 Å². The third-order valence-corrected chi connectivity index (χ3v) is 5.62. The Kier molecular flexibility index (Phi) is 4.62. The number of carbonyl (C=O) groups excluding carboxylic acids is 1. The first-order valence-electron chi connectivity index (χ1n) is 7.89. The van der Waals surface area contributed by atoms with E-state index < -0.39 is 0 Å². The maximum atomic E-state index is 12.4. The van der Waals surface area contributed by atoms with Crippen molar-refractivity contribution in [3.05, 3.63) is 22.4 Å². The fraction of sp³-hybridized carbons (Fsp3) is 0.688. The van der Waals surface area contributed by atoms with Crippen LogP contribution in [0.3, 0.4) is 0 Å². The second-order valence-electron chi connectivity index (χ2n) is 6.68. The van der Waals surface area contributed by atoms with E-state index in [-0.39, 0.29) is 11.9 Å². The molecule has 5 heteroatoms. The topological polar surface area (TPSA) is 44.4 Å². The SMILES string of the molecule is CC(C)C(NC(=O)CN1C[C@H]2CNC[C@H]2C1)c1cccs1. The largest absolute Gasteiger partial charge is 0.347 e. The lowest BCUT2D eigenvalue weighted by molar-refractivity contribution is -0.123. The Bertz CT molecular complexity index is 462. The summed E-state index contributed by atoms with van der Waals surface area (Å²) in [5, 5.41) is 8.74. The molecule has 1 amide bonds. The minimum Gasteiger partial charge on any atom is -0.347 e. The van der Waals surface area contributed by atoms with Crippen LogP contribution in [0.5, 0.6) is 0 Å². The summed E-state index contributed by atoms with van der Waals surface area (Å²) < 4.78 is 0. The highest BCUT2D eigenvalue weighted by Crippen LogP contribution is 2.27. The Morgan fingerprint density at radius 2 is 2.14 bits per heavy atom. The van der Waals surface area contributed by atoms with Gasteiger partial charge in [0, 0.05) is 18.0 Å². The van der Waals surface area contributed by atoms with Crippen LogP contribution < -0.4 is 10.6 Å². The maximum Gasteiger partial charge on any atom is 0.234 e. The van der Waals surface area contributed by atoms with E-state index in [1.165, 1.54) is 4.88 Å². The summed E-state index contributed by atoms with van der Waals surface area (Å²) in [5.41, 5.74) is 0. The zero-order valence-electron chi connectivity index (χ0n) is 12.8. The summed E-state index contributed by atoms with van der Waals surface area (Å²) in [6, 6.07) is 4.30. The maximum absolute atomic E-state index is 12.4. The predicted octanol–water partition coefficient (Wildman–Crippen LogP) is 1.71. The molecule has 1 aromatic heterocycles. The van der Waals surface area contributed by atoms with Gasteiger partial charge in [-0.1, -0.05) is 19.9 Å². The van der Waals surface area contributed by atoms with Crippen molar-refractivity contribution in [1.82, 2.24) is 15.5 Å². The minimum atomic E-state index is 0.140. The predicted molar refractivity (Wildman–Crippen MR) is 86.3 cm³/mol. The normalized spacial score (nSPS) is 27.0. The molecule has 0 spiro atoms. The molecule has 1 aromatic rings. The molecule has 2 N–H and O–H groups in total. The molecule has 3 rings (SSSR count).